The van der Waals surface area contributed by atoms with Gasteiger partial charge in [-0.1, -0.05) is 29.8 Å². The number of rotatable bonds is 6. The molecule has 0 saturated carbocycles. The molecule has 0 spiro atoms. The summed E-state index contributed by atoms with van der Waals surface area (Å²) in [6, 6.07) is 8.43. The summed E-state index contributed by atoms with van der Waals surface area (Å²) in [5.41, 5.74) is -0.313. The Morgan fingerprint density at radius 2 is 2.08 bits per heavy atom. The van der Waals surface area contributed by atoms with Gasteiger partial charge in [0, 0.05) is 30.4 Å². The van der Waals surface area contributed by atoms with Crippen LogP contribution in [0.15, 0.2) is 46.1 Å². The zero-order chi connectivity index (χ0) is 18.5. The van der Waals surface area contributed by atoms with E-state index < -0.39 is 17.2 Å². The summed E-state index contributed by atoms with van der Waals surface area (Å²) in [4.78, 5) is 36.7. The Morgan fingerprint density at radius 3 is 2.81 bits per heavy atom. The molecule has 1 aliphatic rings. The van der Waals surface area contributed by atoms with Crippen LogP contribution in [0, 0.1) is 0 Å². The van der Waals surface area contributed by atoms with Crippen molar-refractivity contribution < 1.29 is 9.53 Å². The molecular weight excluding hydrogens is 358 g/mol. The van der Waals surface area contributed by atoms with Crippen molar-refractivity contribution in [1.82, 2.24) is 14.5 Å². The molecule has 1 amide bonds. The van der Waals surface area contributed by atoms with Crippen molar-refractivity contribution in [1.29, 1.82) is 0 Å². The second-order valence-electron chi connectivity index (χ2n) is 6.18. The van der Waals surface area contributed by atoms with Gasteiger partial charge in [-0.25, -0.2) is 4.79 Å². The Kier molecular flexibility index (Phi) is 5.90. The highest BCUT2D eigenvalue weighted by molar-refractivity contribution is 6.31. The third kappa shape index (κ3) is 4.42. The average Bonchev–Trinajstić information content (AvgIpc) is 3.14. The molecule has 0 unspecified atom stereocenters. The Hall–Kier alpha value is -2.38. The highest BCUT2D eigenvalue weighted by atomic mass is 35.5. The quantitative estimate of drug-likeness (QED) is 0.814. The number of nitrogens with zero attached hydrogens (tertiary/aromatic N) is 2. The number of hydrogen-bond acceptors (Lipinski definition) is 4. The topological polar surface area (TPSA) is 82.3 Å². The van der Waals surface area contributed by atoms with Crippen LogP contribution in [0.1, 0.15) is 18.4 Å². The number of ether oxygens (including phenoxy) is 1. The van der Waals surface area contributed by atoms with Crippen molar-refractivity contribution in [3.63, 3.8) is 0 Å². The Labute approximate surface area is 155 Å². The maximum atomic E-state index is 12.6. The summed E-state index contributed by atoms with van der Waals surface area (Å²) in [5.74, 6) is -0.393. The normalized spacial score (nSPS) is 16.6. The van der Waals surface area contributed by atoms with Crippen LogP contribution >= 0.6 is 11.6 Å². The van der Waals surface area contributed by atoms with E-state index in [9.17, 15) is 14.4 Å². The fourth-order valence-electron chi connectivity index (χ4n) is 2.87. The van der Waals surface area contributed by atoms with Gasteiger partial charge in [0.1, 0.15) is 6.54 Å². The molecule has 1 aromatic heterocycles. The molecule has 0 aliphatic carbocycles. The van der Waals surface area contributed by atoms with Gasteiger partial charge in [-0.2, -0.15) is 0 Å². The zero-order valence-electron chi connectivity index (χ0n) is 14.2. The summed E-state index contributed by atoms with van der Waals surface area (Å²) in [5, 5.41) is 3.25. The molecule has 8 heteroatoms. The number of amides is 1. The predicted molar refractivity (Wildman–Crippen MR) is 97.5 cm³/mol. The minimum Gasteiger partial charge on any atom is -0.376 e. The lowest BCUT2D eigenvalue weighted by molar-refractivity contribution is -0.122. The van der Waals surface area contributed by atoms with Crippen LogP contribution in [0.2, 0.25) is 5.02 Å². The van der Waals surface area contributed by atoms with Gasteiger partial charge in [0.25, 0.3) is 5.56 Å². The Bertz CT molecular complexity index is 900. The first-order valence-electron chi connectivity index (χ1n) is 8.46. The predicted octanol–water partition coefficient (Wildman–Crippen LogP) is 1.01. The Morgan fingerprint density at radius 1 is 1.27 bits per heavy atom. The molecule has 1 saturated heterocycles. The number of nitrogens with one attached hydrogen (secondary N) is 1. The van der Waals surface area contributed by atoms with Gasteiger partial charge in [0.2, 0.25) is 5.91 Å². The van der Waals surface area contributed by atoms with Crippen molar-refractivity contribution in [3.8, 4) is 0 Å². The maximum Gasteiger partial charge on any atom is 0.331 e. The number of hydrogen-bond donors (Lipinski definition) is 1. The molecule has 1 atom stereocenters. The monoisotopic (exact) mass is 377 g/mol. The van der Waals surface area contributed by atoms with Crippen LogP contribution in [-0.4, -0.2) is 34.3 Å². The second kappa shape index (κ2) is 8.33. The van der Waals surface area contributed by atoms with Crippen LogP contribution in [0.25, 0.3) is 0 Å². The smallest absolute Gasteiger partial charge is 0.331 e. The fourth-order valence-corrected chi connectivity index (χ4v) is 3.06. The fraction of sp³-hybridized carbons (Fsp3) is 0.389. The molecule has 3 rings (SSSR count). The first kappa shape index (κ1) is 18.4. The number of halogens is 1. The van der Waals surface area contributed by atoms with E-state index in [2.05, 4.69) is 5.32 Å². The summed E-state index contributed by atoms with van der Waals surface area (Å²) in [7, 11) is 0. The number of carbonyl (C=O) groups excluding carboxylic acids is 1. The van der Waals surface area contributed by atoms with Gasteiger partial charge < -0.3 is 10.1 Å². The van der Waals surface area contributed by atoms with Gasteiger partial charge in [0.15, 0.2) is 0 Å². The van der Waals surface area contributed by atoms with E-state index in [-0.39, 0.29) is 19.2 Å². The highest BCUT2D eigenvalue weighted by Crippen LogP contribution is 2.15. The van der Waals surface area contributed by atoms with Gasteiger partial charge >= 0.3 is 5.69 Å². The molecule has 7 nitrogen and oxygen atoms in total. The van der Waals surface area contributed by atoms with Crippen LogP contribution in [-0.2, 0) is 22.6 Å². The highest BCUT2D eigenvalue weighted by Gasteiger charge is 2.17. The number of benzene rings is 1. The van der Waals surface area contributed by atoms with E-state index in [0.717, 1.165) is 23.0 Å². The molecule has 2 aromatic rings. The average molecular weight is 378 g/mol. The van der Waals surface area contributed by atoms with E-state index >= 15 is 0 Å². The van der Waals surface area contributed by atoms with E-state index in [1.165, 1.54) is 16.8 Å². The van der Waals surface area contributed by atoms with Gasteiger partial charge in [-0.3, -0.25) is 18.7 Å². The van der Waals surface area contributed by atoms with E-state index in [4.69, 9.17) is 16.3 Å². The molecule has 1 N–H and O–H groups in total. The molecule has 1 aliphatic heterocycles. The molecular formula is C18H20ClN3O4. The van der Waals surface area contributed by atoms with Crippen molar-refractivity contribution >= 4 is 17.5 Å². The van der Waals surface area contributed by atoms with Crippen molar-refractivity contribution in [2.75, 3.05) is 13.2 Å². The largest absolute Gasteiger partial charge is 0.376 e. The summed E-state index contributed by atoms with van der Waals surface area (Å²) in [6.07, 6.45) is 3.29. The molecule has 138 valence electrons. The van der Waals surface area contributed by atoms with Gasteiger partial charge in [-0.15, -0.1) is 0 Å². The van der Waals surface area contributed by atoms with E-state index in [1.54, 1.807) is 18.2 Å². The second-order valence-corrected chi connectivity index (χ2v) is 6.59. The summed E-state index contributed by atoms with van der Waals surface area (Å²) in [6.45, 7) is 0.976. The molecule has 0 radical (unpaired) electrons. The lowest BCUT2D eigenvalue weighted by Crippen LogP contribution is -2.44. The molecule has 1 fully saturated rings. The minimum atomic E-state index is -0.551. The molecule has 0 bridgehead atoms. The van der Waals surface area contributed by atoms with E-state index in [1.807, 2.05) is 6.07 Å². The van der Waals surface area contributed by atoms with Crippen LogP contribution in [0.4, 0.5) is 0 Å². The number of aromatic nitrogens is 2. The van der Waals surface area contributed by atoms with Gasteiger partial charge in [-0.05, 0) is 24.5 Å². The first-order valence-corrected chi connectivity index (χ1v) is 8.84. The minimum absolute atomic E-state index is 0.00308. The van der Waals surface area contributed by atoms with E-state index in [0.29, 0.717) is 18.2 Å². The van der Waals surface area contributed by atoms with Crippen LogP contribution < -0.4 is 16.6 Å². The lowest BCUT2D eigenvalue weighted by Gasteiger charge is -2.13. The van der Waals surface area contributed by atoms with Crippen LogP contribution in [0.5, 0.6) is 0 Å². The molecule has 2 heterocycles. The van der Waals surface area contributed by atoms with Crippen molar-refractivity contribution in [2.24, 2.45) is 0 Å². The molecule has 26 heavy (non-hydrogen) atoms. The lowest BCUT2D eigenvalue weighted by atomic mass is 10.2. The summed E-state index contributed by atoms with van der Waals surface area (Å²) >= 11 is 6.13. The zero-order valence-corrected chi connectivity index (χ0v) is 14.9. The maximum absolute atomic E-state index is 12.6. The third-order valence-electron chi connectivity index (χ3n) is 4.29. The third-order valence-corrected chi connectivity index (χ3v) is 4.66. The summed E-state index contributed by atoms with van der Waals surface area (Å²) < 4.78 is 7.71. The molecule has 1 aromatic carbocycles. The standard InChI is InChI=1S/C18H20ClN3O4/c19-15-6-2-1-4-13(15)11-21-8-7-17(24)22(18(21)25)12-16(23)20-10-14-5-3-9-26-14/h1-2,4,6-8,14H,3,5,9-12H2,(H,20,23)/t14-/m1/s1. The first-order chi connectivity index (χ1) is 12.5. The van der Waals surface area contributed by atoms with Crippen LogP contribution in [0.3, 0.4) is 0 Å². The Balaban J connectivity index is 1.72. The van der Waals surface area contributed by atoms with Crippen molar-refractivity contribution in [2.45, 2.75) is 32.0 Å². The van der Waals surface area contributed by atoms with Crippen molar-refractivity contribution in [3.05, 3.63) is 68.0 Å². The SMILES string of the molecule is O=C(Cn1c(=O)ccn(Cc2ccccc2Cl)c1=O)NC[C@H]1CCCO1. The number of carbonyl (C=O) groups is 1. The van der Waals surface area contributed by atoms with Gasteiger partial charge in [0.05, 0.1) is 12.6 Å².